The molecular formula is C15H30O10P2. The lowest BCUT2D eigenvalue weighted by Gasteiger charge is -2.41. The second kappa shape index (κ2) is 11.0. The molecule has 0 aromatic heterocycles. The van der Waals surface area contributed by atoms with Crippen LogP contribution in [0.15, 0.2) is 12.7 Å². The Bertz CT molecular complexity index is 583. The lowest BCUT2D eigenvalue weighted by molar-refractivity contribution is -0.315. The number of unbranched alkanes of at least 4 members (excludes halogenated alkanes) is 2. The Morgan fingerprint density at radius 3 is 1.89 bits per heavy atom. The Hall–Kier alpha value is -0.410. The van der Waals surface area contributed by atoms with Gasteiger partial charge in [-0.05, 0) is 25.8 Å². The third-order valence-electron chi connectivity index (χ3n) is 3.57. The molecule has 0 aromatic carbocycles. The summed E-state index contributed by atoms with van der Waals surface area (Å²) < 4.78 is 38.2. The third kappa shape index (κ3) is 11.9. The summed E-state index contributed by atoms with van der Waals surface area (Å²) in [6, 6.07) is 0. The van der Waals surface area contributed by atoms with E-state index in [0.717, 1.165) is 6.08 Å². The summed E-state index contributed by atoms with van der Waals surface area (Å²) in [5, 5.41) is 0. The molecule has 0 fully saturated rings. The Kier molecular flexibility index (Phi) is 10.8. The number of hydrogen-bond acceptors (Lipinski definition) is 6. The van der Waals surface area contributed by atoms with E-state index in [2.05, 4.69) is 6.58 Å². The standard InChI is InChI=1S/C15H30O10P2/c1-5-8-10-14(4,24-26(17,18)19)23-15(11-9-6-2,12-13(16)7-3)25-27(20,21)22/h7H,3,5-6,8-12H2,1-2,4H3,(H2,17,18,19)(H2,20,21,22). The molecule has 0 rings (SSSR count). The van der Waals surface area contributed by atoms with Gasteiger partial charge in [-0.3, -0.25) is 13.8 Å². The first-order valence-electron chi connectivity index (χ1n) is 8.58. The van der Waals surface area contributed by atoms with Gasteiger partial charge in [-0.15, -0.1) is 0 Å². The number of phosphoric acid groups is 2. The van der Waals surface area contributed by atoms with Crippen molar-refractivity contribution in [3.05, 3.63) is 12.7 Å². The fraction of sp³-hybridized carbons (Fsp3) is 0.800. The van der Waals surface area contributed by atoms with Crippen molar-refractivity contribution >= 4 is 21.4 Å². The van der Waals surface area contributed by atoms with E-state index >= 15 is 0 Å². The van der Waals surface area contributed by atoms with Gasteiger partial charge in [-0.25, -0.2) is 9.13 Å². The van der Waals surface area contributed by atoms with E-state index in [0.29, 0.717) is 25.7 Å². The summed E-state index contributed by atoms with van der Waals surface area (Å²) in [6.45, 7) is 8.18. The molecule has 0 aliphatic heterocycles. The highest BCUT2D eigenvalue weighted by Gasteiger charge is 2.47. The predicted octanol–water partition coefficient (Wildman–Crippen LogP) is 3.16. The van der Waals surface area contributed by atoms with Gasteiger partial charge in [-0.2, -0.15) is 0 Å². The highest BCUT2D eigenvalue weighted by molar-refractivity contribution is 7.46. The number of ether oxygens (including phenoxy) is 1. The van der Waals surface area contributed by atoms with Crippen LogP contribution in [0.1, 0.15) is 65.7 Å². The molecule has 0 aromatic rings. The minimum absolute atomic E-state index is 0.00468. The zero-order chi connectivity index (χ0) is 21.4. The molecule has 0 heterocycles. The van der Waals surface area contributed by atoms with Crippen LogP contribution in [0.5, 0.6) is 0 Å². The van der Waals surface area contributed by atoms with Crippen molar-refractivity contribution in [2.45, 2.75) is 77.3 Å². The molecule has 0 aliphatic rings. The summed E-state index contributed by atoms with van der Waals surface area (Å²) in [4.78, 5) is 49.0. The van der Waals surface area contributed by atoms with Crippen molar-refractivity contribution in [2.24, 2.45) is 0 Å². The molecule has 10 nitrogen and oxygen atoms in total. The number of phosphoric ester groups is 2. The van der Waals surface area contributed by atoms with Crippen molar-refractivity contribution in [3.63, 3.8) is 0 Å². The lowest BCUT2D eigenvalue weighted by atomic mass is 10.0. The van der Waals surface area contributed by atoms with Crippen LogP contribution in [-0.2, 0) is 27.7 Å². The summed E-state index contributed by atoms with van der Waals surface area (Å²) in [6.07, 6.45) is 2.25. The fourth-order valence-corrected chi connectivity index (χ4v) is 3.79. The van der Waals surface area contributed by atoms with E-state index in [1.807, 2.05) is 6.92 Å². The highest BCUT2D eigenvalue weighted by Crippen LogP contribution is 2.50. The first-order chi connectivity index (χ1) is 12.2. The predicted molar refractivity (Wildman–Crippen MR) is 97.4 cm³/mol. The van der Waals surface area contributed by atoms with Gasteiger partial charge in [0.25, 0.3) is 0 Å². The van der Waals surface area contributed by atoms with E-state index in [1.165, 1.54) is 6.92 Å². The summed E-state index contributed by atoms with van der Waals surface area (Å²) in [5.74, 6) is -4.70. The van der Waals surface area contributed by atoms with Gasteiger partial charge < -0.3 is 24.3 Å². The van der Waals surface area contributed by atoms with E-state index < -0.39 is 39.4 Å². The monoisotopic (exact) mass is 432 g/mol. The normalized spacial score (nSPS) is 17.1. The van der Waals surface area contributed by atoms with Crippen molar-refractivity contribution in [1.29, 1.82) is 0 Å². The van der Waals surface area contributed by atoms with Crippen molar-refractivity contribution in [1.82, 2.24) is 0 Å². The summed E-state index contributed by atoms with van der Waals surface area (Å²) >= 11 is 0. The molecule has 2 unspecified atom stereocenters. The Labute approximate surface area is 159 Å². The summed E-state index contributed by atoms with van der Waals surface area (Å²) in [7, 11) is -10.1. The van der Waals surface area contributed by atoms with Crippen LogP contribution in [0.25, 0.3) is 0 Å². The van der Waals surface area contributed by atoms with Crippen LogP contribution in [0.4, 0.5) is 0 Å². The quantitative estimate of drug-likeness (QED) is 0.172. The summed E-state index contributed by atoms with van der Waals surface area (Å²) in [5.41, 5.74) is 0. The minimum atomic E-state index is -5.12. The molecule has 12 heteroatoms. The van der Waals surface area contributed by atoms with Crippen molar-refractivity contribution in [3.8, 4) is 0 Å². The van der Waals surface area contributed by atoms with E-state index in [1.54, 1.807) is 6.92 Å². The molecule has 0 saturated carbocycles. The fourth-order valence-electron chi connectivity index (χ4n) is 2.53. The van der Waals surface area contributed by atoms with Crippen LogP contribution >= 0.6 is 15.6 Å². The number of allylic oxidation sites excluding steroid dienone is 1. The van der Waals surface area contributed by atoms with Gasteiger partial charge in [-0.1, -0.05) is 33.3 Å². The highest BCUT2D eigenvalue weighted by atomic mass is 31.2. The van der Waals surface area contributed by atoms with E-state index in [4.69, 9.17) is 13.8 Å². The van der Waals surface area contributed by atoms with E-state index in [9.17, 15) is 33.5 Å². The zero-order valence-electron chi connectivity index (χ0n) is 15.9. The molecule has 2 atom stereocenters. The molecule has 0 spiro atoms. The van der Waals surface area contributed by atoms with Gasteiger partial charge in [0, 0.05) is 12.8 Å². The van der Waals surface area contributed by atoms with Gasteiger partial charge >= 0.3 is 15.6 Å². The number of hydrogen-bond donors (Lipinski definition) is 4. The van der Waals surface area contributed by atoms with Gasteiger partial charge in [0.05, 0.1) is 6.42 Å². The number of carbonyl (C=O) groups is 1. The molecule has 160 valence electrons. The van der Waals surface area contributed by atoms with E-state index in [-0.39, 0.29) is 12.8 Å². The average Bonchev–Trinajstić information content (AvgIpc) is 2.47. The molecular weight excluding hydrogens is 402 g/mol. The zero-order valence-corrected chi connectivity index (χ0v) is 17.7. The third-order valence-corrected chi connectivity index (χ3v) is 4.76. The Balaban J connectivity index is 6.05. The number of ketones is 1. The Morgan fingerprint density at radius 2 is 1.48 bits per heavy atom. The van der Waals surface area contributed by atoms with Gasteiger partial charge in [0.2, 0.25) is 0 Å². The second-order valence-corrected chi connectivity index (χ2v) is 8.69. The van der Waals surface area contributed by atoms with Crippen LogP contribution in [0.3, 0.4) is 0 Å². The van der Waals surface area contributed by atoms with Crippen molar-refractivity contribution in [2.75, 3.05) is 0 Å². The molecule has 0 bridgehead atoms. The maximum Gasteiger partial charge on any atom is 0.472 e. The largest absolute Gasteiger partial charge is 0.472 e. The van der Waals surface area contributed by atoms with Crippen molar-refractivity contribution < 1.29 is 47.3 Å². The molecule has 27 heavy (non-hydrogen) atoms. The minimum Gasteiger partial charge on any atom is -0.317 e. The molecule has 4 N–H and O–H groups in total. The topological polar surface area (TPSA) is 160 Å². The number of carbonyl (C=O) groups excluding carboxylic acids is 1. The second-order valence-electron chi connectivity index (χ2n) is 6.36. The maximum absolute atomic E-state index is 11.9. The first-order valence-corrected chi connectivity index (χ1v) is 11.6. The molecule has 0 radical (unpaired) electrons. The SMILES string of the molecule is C=CC(=O)CC(CCCC)(OC(C)(CCCC)OP(=O)(O)O)OP(=O)(O)O. The lowest BCUT2D eigenvalue weighted by Crippen LogP contribution is -2.47. The van der Waals surface area contributed by atoms with Gasteiger partial charge in [0.15, 0.2) is 17.4 Å². The molecule has 0 saturated heterocycles. The van der Waals surface area contributed by atoms with Crippen LogP contribution < -0.4 is 0 Å². The molecule has 0 aliphatic carbocycles. The first kappa shape index (κ1) is 26.6. The average molecular weight is 432 g/mol. The van der Waals surface area contributed by atoms with Crippen LogP contribution in [-0.4, -0.2) is 36.9 Å². The van der Waals surface area contributed by atoms with Crippen LogP contribution in [0.2, 0.25) is 0 Å². The van der Waals surface area contributed by atoms with Gasteiger partial charge in [0.1, 0.15) is 0 Å². The molecule has 0 amide bonds. The number of rotatable bonds is 15. The smallest absolute Gasteiger partial charge is 0.317 e. The van der Waals surface area contributed by atoms with Crippen LogP contribution in [0, 0.1) is 0 Å². The Morgan fingerprint density at radius 1 is 1.00 bits per heavy atom. The maximum atomic E-state index is 11.9.